The number of rotatable bonds is 3. The lowest BCUT2D eigenvalue weighted by molar-refractivity contribution is -0.142. The van der Waals surface area contributed by atoms with Crippen molar-refractivity contribution in [2.75, 3.05) is 18.1 Å². The number of carboxylic acid groups (broad SMARTS) is 1. The average molecular weight is 317 g/mol. The number of aliphatic carboxylic acids is 1. The zero-order valence-corrected chi connectivity index (χ0v) is 13.0. The molecule has 0 spiro atoms. The molecule has 1 aliphatic carbocycles. The third-order valence-corrected chi connectivity index (χ3v) is 6.13. The maximum atomic E-state index is 12.6. The van der Waals surface area contributed by atoms with Gasteiger partial charge >= 0.3 is 5.97 Å². The molecule has 1 amide bonds. The van der Waals surface area contributed by atoms with Crippen LogP contribution in [-0.2, 0) is 19.4 Å². The molecule has 7 heteroatoms. The molecule has 6 nitrogen and oxygen atoms in total. The van der Waals surface area contributed by atoms with Crippen LogP contribution in [-0.4, -0.2) is 54.4 Å². The van der Waals surface area contributed by atoms with Crippen LogP contribution in [0.5, 0.6) is 0 Å². The van der Waals surface area contributed by atoms with E-state index in [1.54, 1.807) is 0 Å². The van der Waals surface area contributed by atoms with Crippen LogP contribution in [0.25, 0.3) is 0 Å². The second-order valence-electron chi connectivity index (χ2n) is 6.09. The Morgan fingerprint density at radius 3 is 2.29 bits per heavy atom. The van der Waals surface area contributed by atoms with Crippen molar-refractivity contribution in [2.24, 2.45) is 5.92 Å². The van der Waals surface area contributed by atoms with Crippen molar-refractivity contribution in [3.05, 3.63) is 0 Å². The number of carbonyl (C=O) groups is 2. The van der Waals surface area contributed by atoms with Crippen molar-refractivity contribution >= 4 is 21.7 Å². The Morgan fingerprint density at radius 1 is 1.10 bits per heavy atom. The predicted octanol–water partition coefficient (Wildman–Crippen LogP) is 1.06. The van der Waals surface area contributed by atoms with Crippen LogP contribution in [0, 0.1) is 5.92 Å². The van der Waals surface area contributed by atoms with Gasteiger partial charge in [0.25, 0.3) is 0 Å². The van der Waals surface area contributed by atoms with E-state index in [0.29, 0.717) is 0 Å². The molecule has 120 valence electrons. The van der Waals surface area contributed by atoms with Gasteiger partial charge in [-0.3, -0.25) is 9.59 Å². The van der Waals surface area contributed by atoms with E-state index in [9.17, 15) is 18.0 Å². The lowest BCUT2D eigenvalue weighted by atomic mass is 9.97. The summed E-state index contributed by atoms with van der Waals surface area (Å²) in [6.07, 6.45) is 5.69. The molecule has 1 heterocycles. The van der Waals surface area contributed by atoms with Gasteiger partial charge in [0.2, 0.25) is 5.91 Å². The number of hydrogen-bond acceptors (Lipinski definition) is 4. The first-order valence-corrected chi connectivity index (χ1v) is 9.44. The highest BCUT2D eigenvalue weighted by Gasteiger charge is 2.37. The third kappa shape index (κ3) is 4.43. The van der Waals surface area contributed by atoms with E-state index in [2.05, 4.69) is 0 Å². The Morgan fingerprint density at radius 2 is 1.71 bits per heavy atom. The number of sulfone groups is 1. The highest BCUT2D eigenvalue weighted by atomic mass is 32.2. The van der Waals surface area contributed by atoms with Crippen molar-refractivity contribution in [2.45, 2.75) is 51.0 Å². The molecule has 0 aromatic heterocycles. The van der Waals surface area contributed by atoms with Crippen molar-refractivity contribution in [3.63, 3.8) is 0 Å². The van der Waals surface area contributed by atoms with Crippen LogP contribution >= 0.6 is 0 Å². The second-order valence-corrected chi connectivity index (χ2v) is 8.31. The number of nitrogens with zero attached hydrogens (tertiary/aromatic N) is 1. The zero-order chi connectivity index (χ0) is 15.5. The first-order valence-electron chi connectivity index (χ1n) is 7.62. The van der Waals surface area contributed by atoms with E-state index in [0.717, 1.165) is 38.5 Å². The fourth-order valence-electron chi connectivity index (χ4n) is 3.31. The molecular weight excluding hydrogens is 294 g/mol. The van der Waals surface area contributed by atoms with Gasteiger partial charge in [0.05, 0.1) is 24.0 Å². The summed E-state index contributed by atoms with van der Waals surface area (Å²) in [6, 6.07) is -0.711. The first kappa shape index (κ1) is 16.3. The summed E-state index contributed by atoms with van der Waals surface area (Å²) in [6.45, 7) is 0.135. The largest absolute Gasteiger partial charge is 0.481 e. The molecule has 0 aromatic carbocycles. The molecule has 1 N–H and O–H groups in total. The van der Waals surface area contributed by atoms with E-state index in [4.69, 9.17) is 5.11 Å². The summed E-state index contributed by atoms with van der Waals surface area (Å²) in [4.78, 5) is 25.1. The number of carbonyl (C=O) groups excluding carboxylic acids is 1. The Balaban J connectivity index is 2.10. The summed E-state index contributed by atoms with van der Waals surface area (Å²) in [5, 5.41) is 8.96. The smallest absolute Gasteiger partial charge is 0.305 e. The second kappa shape index (κ2) is 6.77. The standard InChI is InChI=1S/C14H23NO5S/c16-13(17)9-12-10-21(19,20)8-7-15(12)14(18)11-5-3-1-2-4-6-11/h11-12H,1-10H2,(H,16,17). The number of carboxylic acids is 1. The van der Waals surface area contributed by atoms with Crippen LogP contribution < -0.4 is 0 Å². The highest BCUT2D eigenvalue weighted by molar-refractivity contribution is 7.91. The lowest BCUT2D eigenvalue weighted by Crippen LogP contribution is -2.53. The third-order valence-electron chi connectivity index (χ3n) is 4.43. The highest BCUT2D eigenvalue weighted by Crippen LogP contribution is 2.27. The number of amides is 1. The van der Waals surface area contributed by atoms with Crippen LogP contribution in [0.2, 0.25) is 0 Å². The van der Waals surface area contributed by atoms with Gasteiger partial charge in [0, 0.05) is 12.5 Å². The minimum Gasteiger partial charge on any atom is -0.481 e. The molecule has 0 bridgehead atoms. The molecule has 1 unspecified atom stereocenters. The van der Waals surface area contributed by atoms with E-state index in [1.165, 1.54) is 4.90 Å². The molecule has 1 saturated carbocycles. The van der Waals surface area contributed by atoms with Crippen LogP contribution in [0.3, 0.4) is 0 Å². The van der Waals surface area contributed by atoms with Gasteiger partial charge in [0.1, 0.15) is 0 Å². The van der Waals surface area contributed by atoms with Crippen LogP contribution in [0.1, 0.15) is 44.9 Å². The van der Waals surface area contributed by atoms with E-state index < -0.39 is 21.8 Å². The van der Waals surface area contributed by atoms with E-state index >= 15 is 0 Å². The molecule has 2 fully saturated rings. The zero-order valence-electron chi connectivity index (χ0n) is 12.2. The Bertz CT molecular complexity index is 493. The quantitative estimate of drug-likeness (QED) is 0.786. The molecule has 1 saturated heterocycles. The Labute approximate surface area is 125 Å². The normalized spacial score (nSPS) is 27.0. The summed E-state index contributed by atoms with van der Waals surface area (Å²) < 4.78 is 23.4. The summed E-state index contributed by atoms with van der Waals surface area (Å²) in [5.74, 6) is -1.45. The maximum Gasteiger partial charge on any atom is 0.305 e. The van der Waals surface area contributed by atoms with Gasteiger partial charge in [0.15, 0.2) is 9.84 Å². The Kier molecular flexibility index (Phi) is 5.24. The minimum atomic E-state index is -3.24. The summed E-state index contributed by atoms with van der Waals surface area (Å²) >= 11 is 0. The summed E-state index contributed by atoms with van der Waals surface area (Å²) in [7, 11) is -3.24. The predicted molar refractivity (Wildman–Crippen MR) is 77.6 cm³/mol. The Hall–Kier alpha value is -1.11. The molecule has 2 rings (SSSR count). The van der Waals surface area contributed by atoms with Crippen LogP contribution in [0.15, 0.2) is 0 Å². The average Bonchev–Trinajstić information content (AvgIpc) is 2.65. The minimum absolute atomic E-state index is 0.0435. The molecule has 2 aliphatic rings. The first-order chi connectivity index (χ1) is 9.89. The van der Waals surface area contributed by atoms with E-state index in [-0.39, 0.29) is 36.3 Å². The fourth-order valence-corrected chi connectivity index (χ4v) is 4.83. The van der Waals surface area contributed by atoms with Gasteiger partial charge in [-0.2, -0.15) is 0 Å². The molecule has 1 aliphatic heterocycles. The van der Waals surface area contributed by atoms with Gasteiger partial charge in [-0.05, 0) is 12.8 Å². The molecule has 0 radical (unpaired) electrons. The van der Waals surface area contributed by atoms with Gasteiger partial charge in [-0.25, -0.2) is 8.42 Å². The topological polar surface area (TPSA) is 91.8 Å². The SMILES string of the molecule is O=C(O)CC1CS(=O)(=O)CCN1C(=O)C1CCCCCC1. The molecule has 0 aromatic rings. The van der Waals surface area contributed by atoms with Gasteiger partial charge in [-0.1, -0.05) is 25.7 Å². The monoisotopic (exact) mass is 317 g/mol. The van der Waals surface area contributed by atoms with E-state index in [1.807, 2.05) is 0 Å². The van der Waals surface area contributed by atoms with Gasteiger partial charge in [-0.15, -0.1) is 0 Å². The molecule has 21 heavy (non-hydrogen) atoms. The molecular formula is C14H23NO5S. The van der Waals surface area contributed by atoms with Gasteiger partial charge < -0.3 is 10.0 Å². The van der Waals surface area contributed by atoms with Crippen LogP contribution in [0.4, 0.5) is 0 Å². The van der Waals surface area contributed by atoms with Crippen molar-refractivity contribution in [3.8, 4) is 0 Å². The summed E-state index contributed by atoms with van der Waals surface area (Å²) in [5.41, 5.74) is 0. The molecule has 1 atom stereocenters. The maximum absolute atomic E-state index is 12.6. The number of hydrogen-bond donors (Lipinski definition) is 1. The lowest BCUT2D eigenvalue weighted by Gasteiger charge is -2.36. The van der Waals surface area contributed by atoms with Crippen molar-refractivity contribution in [1.29, 1.82) is 0 Å². The van der Waals surface area contributed by atoms with Crippen molar-refractivity contribution in [1.82, 2.24) is 4.90 Å². The van der Waals surface area contributed by atoms with Crippen molar-refractivity contribution < 1.29 is 23.1 Å². The fraction of sp³-hybridized carbons (Fsp3) is 0.857.